The number of aromatic nitrogens is 3. The molecule has 142 valence electrons. The van der Waals surface area contributed by atoms with Gasteiger partial charge in [-0.2, -0.15) is 0 Å². The zero-order chi connectivity index (χ0) is 19.1. The van der Waals surface area contributed by atoms with Gasteiger partial charge in [-0.1, -0.05) is 31.4 Å². The Hall–Kier alpha value is -3.35. The number of hydrogen-bond acceptors (Lipinski definition) is 6. The van der Waals surface area contributed by atoms with Gasteiger partial charge in [0, 0.05) is 18.4 Å². The first-order chi connectivity index (χ1) is 13.7. The third kappa shape index (κ3) is 2.70. The number of para-hydroxylation sites is 1. The summed E-state index contributed by atoms with van der Waals surface area (Å²) in [5, 5.41) is 4.10. The van der Waals surface area contributed by atoms with E-state index in [1.807, 2.05) is 22.7 Å². The Bertz CT molecular complexity index is 1220. The summed E-state index contributed by atoms with van der Waals surface area (Å²) in [4.78, 5) is 22.1. The average molecular weight is 375 g/mol. The van der Waals surface area contributed by atoms with E-state index in [9.17, 15) is 4.79 Å². The Morgan fingerprint density at radius 3 is 2.86 bits per heavy atom. The summed E-state index contributed by atoms with van der Waals surface area (Å²) in [7, 11) is 0. The van der Waals surface area contributed by atoms with Crippen LogP contribution in [0.3, 0.4) is 0 Å². The van der Waals surface area contributed by atoms with Gasteiger partial charge in [0.25, 0.3) is 0 Å². The lowest BCUT2D eigenvalue weighted by atomic mass is 9.95. The molecule has 4 aromatic rings. The predicted molar refractivity (Wildman–Crippen MR) is 109 cm³/mol. The minimum absolute atomic E-state index is 0.0757. The number of anilines is 2. The Kier molecular flexibility index (Phi) is 4.00. The molecular formula is C21H21N5O2. The van der Waals surface area contributed by atoms with Crippen molar-refractivity contribution in [2.24, 2.45) is 0 Å². The highest BCUT2D eigenvalue weighted by atomic mass is 16.3. The average Bonchev–Trinajstić information content (AvgIpc) is 3.07. The molecule has 5 rings (SSSR count). The maximum absolute atomic E-state index is 13.2. The number of rotatable bonds is 3. The van der Waals surface area contributed by atoms with E-state index in [1.54, 1.807) is 24.5 Å². The highest BCUT2D eigenvalue weighted by Crippen LogP contribution is 2.33. The molecule has 3 aromatic heterocycles. The van der Waals surface area contributed by atoms with Gasteiger partial charge in [-0.05, 0) is 25.0 Å². The summed E-state index contributed by atoms with van der Waals surface area (Å²) >= 11 is 0. The van der Waals surface area contributed by atoms with Crippen LogP contribution < -0.4 is 16.5 Å². The minimum atomic E-state index is -0.178. The fraction of sp³-hybridized carbons (Fsp3) is 0.286. The SMILES string of the molecule is Nc1oc2ccccc2c(=O)c1-c1nc2cnccn2c1NC1CCCCC1. The van der Waals surface area contributed by atoms with Gasteiger partial charge in [-0.25, -0.2) is 4.98 Å². The van der Waals surface area contributed by atoms with Crippen LogP contribution in [0.1, 0.15) is 32.1 Å². The molecule has 1 saturated carbocycles. The first kappa shape index (κ1) is 16.8. The fourth-order valence-electron chi connectivity index (χ4n) is 4.04. The second-order valence-electron chi connectivity index (χ2n) is 7.26. The smallest absolute Gasteiger partial charge is 0.204 e. The molecule has 1 aliphatic rings. The van der Waals surface area contributed by atoms with E-state index in [-0.39, 0.29) is 11.3 Å². The lowest BCUT2D eigenvalue weighted by Crippen LogP contribution is -2.23. The lowest BCUT2D eigenvalue weighted by molar-refractivity contribution is 0.461. The second-order valence-corrected chi connectivity index (χ2v) is 7.26. The number of nitrogens with two attached hydrogens (primary N) is 1. The van der Waals surface area contributed by atoms with Gasteiger partial charge in [-0.3, -0.25) is 14.2 Å². The number of fused-ring (bicyclic) bond motifs is 2. The van der Waals surface area contributed by atoms with Crippen LogP contribution in [0.5, 0.6) is 0 Å². The topological polar surface area (TPSA) is 98.5 Å². The van der Waals surface area contributed by atoms with Crippen molar-refractivity contribution in [1.82, 2.24) is 14.4 Å². The molecule has 0 spiro atoms. The van der Waals surface area contributed by atoms with Gasteiger partial charge in [0.05, 0.1) is 11.6 Å². The molecule has 0 amide bonds. The van der Waals surface area contributed by atoms with Crippen molar-refractivity contribution in [1.29, 1.82) is 0 Å². The molecule has 0 atom stereocenters. The molecule has 3 heterocycles. The largest absolute Gasteiger partial charge is 0.440 e. The normalized spacial score (nSPS) is 15.3. The molecule has 0 radical (unpaired) electrons. The summed E-state index contributed by atoms with van der Waals surface area (Å²) in [5.41, 5.74) is 7.94. The fourth-order valence-corrected chi connectivity index (χ4v) is 4.04. The van der Waals surface area contributed by atoms with Crippen molar-refractivity contribution in [3.63, 3.8) is 0 Å². The van der Waals surface area contributed by atoms with Gasteiger partial charge in [0.1, 0.15) is 22.7 Å². The molecule has 1 fully saturated rings. The number of imidazole rings is 1. The molecule has 0 aliphatic heterocycles. The van der Waals surface area contributed by atoms with Crippen molar-refractivity contribution in [2.45, 2.75) is 38.1 Å². The summed E-state index contributed by atoms with van der Waals surface area (Å²) < 4.78 is 7.68. The van der Waals surface area contributed by atoms with Crippen molar-refractivity contribution >= 4 is 28.3 Å². The number of hydrogen-bond donors (Lipinski definition) is 2. The second kappa shape index (κ2) is 6.67. The van der Waals surface area contributed by atoms with Gasteiger partial charge in [-0.15, -0.1) is 0 Å². The maximum atomic E-state index is 13.2. The van der Waals surface area contributed by atoms with E-state index in [1.165, 1.54) is 19.3 Å². The van der Waals surface area contributed by atoms with Gasteiger partial charge < -0.3 is 15.5 Å². The molecule has 7 heteroatoms. The van der Waals surface area contributed by atoms with Crippen molar-refractivity contribution in [3.8, 4) is 11.3 Å². The molecule has 1 aromatic carbocycles. The third-order valence-electron chi connectivity index (χ3n) is 5.44. The molecule has 3 N–H and O–H groups in total. The molecule has 1 aliphatic carbocycles. The monoisotopic (exact) mass is 375 g/mol. The minimum Gasteiger partial charge on any atom is -0.440 e. The number of nitrogens with zero attached hydrogens (tertiary/aromatic N) is 3. The molecule has 0 saturated heterocycles. The summed E-state index contributed by atoms with van der Waals surface area (Å²) in [6.45, 7) is 0. The Labute approximate surface area is 161 Å². The predicted octanol–water partition coefficient (Wildman–Crippen LogP) is 3.83. The maximum Gasteiger partial charge on any atom is 0.204 e. The Balaban J connectivity index is 1.74. The van der Waals surface area contributed by atoms with Gasteiger partial charge >= 0.3 is 0 Å². The first-order valence-electron chi connectivity index (χ1n) is 9.62. The van der Waals surface area contributed by atoms with Crippen LogP contribution in [-0.4, -0.2) is 20.4 Å². The molecule has 7 nitrogen and oxygen atoms in total. The quantitative estimate of drug-likeness (QED) is 0.565. The van der Waals surface area contributed by atoms with Crippen LogP contribution in [0.4, 0.5) is 11.7 Å². The van der Waals surface area contributed by atoms with Gasteiger partial charge in [0.2, 0.25) is 11.3 Å². The summed E-state index contributed by atoms with van der Waals surface area (Å²) in [6.07, 6.45) is 11.1. The van der Waals surface area contributed by atoms with E-state index >= 15 is 0 Å². The lowest BCUT2D eigenvalue weighted by Gasteiger charge is -2.24. The van der Waals surface area contributed by atoms with E-state index < -0.39 is 0 Å². The van der Waals surface area contributed by atoms with Crippen LogP contribution in [0.2, 0.25) is 0 Å². The molecular weight excluding hydrogens is 354 g/mol. The number of nitrogen functional groups attached to an aromatic ring is 1. The number of nitrogens with one attached hydrogen (secondary N) is 1. The van der Waals surface area contributed by atoms with Gasteiger partial charge in [0.15, 0.2) is 5.65 Å². The van der Waals surface area contributed by atoms with Crippen LogP contribution in [0, 0.1) is 0 Å². The molecule has 0 bridgehead atoms. The zero-order valence-electron chi connectivity index (χ0n) is 15.4. The Morgan fingerprint density at radius 2 is 2.00 bits per heavy atom. The summed E-state index contributed by atoms with van der Waals surface area (Å²) in [6, 6.07) is 7.46. The third-order valence-corrected chi connectivity index (χ3v) is 5.44. The van der Waals surface area contributed by atoms with Crippen LogP contribution in [-0.2, 0) is 0 Å². The highest BCUT2D eigenvalue weighted by Gasteiger charge is 2.24. The van der Waals surface area contributed by atoms with Crippen molar-refractivity contribution in [3.05, 3.63) is 53.1 Å². The van der Waals surface area contributed by atoms with E-state index in [0.29, 0.717) is 33.9 Å². The van der Waals surface area contributed by atoms with E-state index in [0.717, 1.165) is 18.7 Å². The molecule has 0 unspecified atom stereocenters. The van der Waals surface area contributed by atoms with Crippen molar-refractivity contribution < 1.29 is 4.42 Å². The standard InChI is InChI=1S/C21H21N5O2/c22-20-17(19(27)14-8-4-5-9-15(14)28-20)18-21(24-13-6-2-1-3-7-13)26-11-10-23-12-16(26)25-18/h4-5,8-13,24H,1-3,6-7,22H2. The Morgan fingerprint density at radius 1 is 1.18 bits per heavy atom. The number of benzene rings is 1. The van der Waals surface area contributed by atoms with Crippen molar-refractivity contribution in [2.75, 3.05) is 11.1 Å². The van der Waals surface area contributed by atoms with Crippen LogP contribution in [0.25, 0.3) is 27.9 Å². The van der Waals surface area contributed by atoms with E-state index in [4.69, 9.17) is 10.2 Å². The van der Waals surface area contributed by atoms with Crippen LogP contribution in [0.15, 0.2) is 52.1 Å². The van der Waals surface area contributed by atoms with E-state index in [2.05, 4.69) is 15.3 Å². The summed E-state index contributed by atoms with van der Waals surface area (Å²) in [5.74, 6) is 0.838. The first-order valence-corrected chi connectivity index (χ1v) is 9.62. The van der Waals surface area contributed by atoms with Crippen LogP contribution >= 0.6 is 0 Å². The zero-order valence-corrected chi connectivity index (χ0v) is 15.4. The highest BCUT2D eigenvalue weighted by molar-refractivity contribution is 5.89. The molecule has 28 heavy (non-hydrogen) atoms.